The molecule has 0 amide bonds. The zero-order chi connectivity index (χ0) is 11.0. The summed E-state index contributed by atoms with van der Waals surface area (Å²) in [6, 6.07) is 6.41. The zero-order valence-electron chi connectivity index (χ0n) is 9.61. The number of nitrogens with two attached hydrogens (primary N) is 1. The van der Waals surface area contributed by atoms with E-state index in [0.29, 0.717) is 6.54 Å². The van der Waals surface area contributed by atoms with Gasteiger partial charge < -0.3 is 10.5 Å². The SMILES string of the molecule is NCc1cccc(C2CC2)c1OCC1CC1. The molecule has 2 nitrogen and oxygen atoms in total. The van der Waals surface area contributed by atoms with Crippen LogP contribution in [0.2, 0.25) is 0 Å². The van der Waals surface area contributed by atoms with Crippen LogP contribution in [-0.2, 0) is 6.54 Å². The molecule has 1 aromatic carbocycles. The van der Waals surface area contributed by atoms with Gasteiger partial charge in [-0.2, -0.15) is 0 Å². The van der Waals surface area contributed by atoms with Crippen molar-refractivity contribution in [3.63, 3.8) is 0 Å². The molecule has 0 aromatic heterocycles. The summed E-state index contributed by atoms with van der Waals surface area (Å²) in [5.74, 6) is 2.64. The Morgan fingerprint density at radius 1 is 1.19 bits per heavy atom. The van der Waals surface area contributed by atoms with Gasteiger partial charge in [0.05, 0.1) is 6.61 Å². The molecular weight excluding hydrogens is 198 g/mol. The first-order valence-electron chi connectivity index (χ1n) is 6.33. The fourth-order valence-corrected chi connectivity index (χ4v) is 2.14. The van der Waals surface area contributed by atoms with Gasteiger partial charge in [-0.1, -0.05) is 18.2 Å². The van der Waals surface area contributed by atoms with Crippen molar-refractivity contribution in [2.24, 2.45) is 11.7 Å². The standard InChI is InChI=1S/C14H19NO/c15-8-12-2-1-3-13(11-6-7-11)14(12)16-9-10-4-5-10/h1-3,10-11H,4-9,15H2. The Balaban J connectivity index is 1.83. The van der Waals surface area contributed by atoms with E-state index in [1.165, 1.54) is 36.8 Å². The van der Waals surface area contributed by atoms with E-state index in [1.807, 2.05) is 0 Å². The van der Waals surface area contributed by atoms with Gasteiger partial charge in [0.15, 0.2) is 0 Å². The lowest BCUT2D eigenvalue weighted by atomic mass is 10.0. The minimum Gasteiger partial charge on any atom is -0.493 e. The van der Waals surface area contributed by atoms with E-state index in [2.05, 4.69) is 18.2 Å². The minimum atomic E-state index is 0.584. The average molecular weight is 217 g/mol. The molecule has 0 aliphatic heterocycles. The molecule has 0 heterocycles. The van der Waals surface area contributed by atoms with Gasteiger partial charge in [-0.15, -0.1) is 0 Å². The Labute approximate surface area is 96.8 Å². The van der Waals surface area contributed by atoms with E-state index in [4.69, 9.17) is 10.5 Å². The molecule has 1 aromatic rings. The number of hydrogen-bond donors (Lipinski definition) is 1. The smallest absolute Gasteiger partial charge is 0.127 e. The Kier molecular flexibility index (Phi) is 2.60. The summed E-state index contributed by atoms with van der Waals surface area (Å²) in [4.78, 5) is 0. The van der Waals surface area contributed by atoms with Crippen molar-refractivity contribution < 1.29 is 4.74 Å². The second-order valence-corrected chi connectivity index (χ2v) is 5.07. The molecule has 86 valence electrons. The van der Waals surface area contributed by atoms with Gasteiger partial charge >= 0.3 is 0 Å². The zero-order valence-corrected chi connectivity index (χ0v) is 9.61. The molecule has 0 saturated heterocycles. The third-order valence-electron chi connectivity index (χ3n) is 3.52. The Morgan fingerprint density at radius 2 is 2.00 bits per heavy atom. The molecule has 16 heavy (non-hydrogen) atoms. The number of benzene rings is 1. The third kappa shape index (κ3) is 2.07. The molecule has 0 spiro atoms. The van der Waals surface area contributed by atoms with Crippen molar-refractivity contribution >= 4 is 0 Å². The number of para-hydroxylation sites is 1. The van der Waals surface area contributed by atoms with Crippen molar-refractivity contribution in [1.82, 2.24) is 0 Å². The summed E-state index contributed by atoms with van der Waals surface area (Å²) in [5, 5.41) is 0. The van der Waals surface area contributed by atoms with Gasteiger partial charge in [0.25, 0.3) is 0 Å². The largest absolute Gasteiger partial charge is 0.493 e. The number of hydrogen-bond acceptors (Lipinski definition) is 2. The normalized spacial score (nSPS) is 19.8. The van der Waals surface area contributed by atoms with Crippen LogP contribution in [0.3, 0.4) is 0 Å². The summed E-state index contributed by atoms with van der Waals surface area (Å²) in [6.45, 7) is 1.47. The number of rotatable bonds is 5. The quantitative estimate of drug-likeness (QED) is 0.823. The van der Waals surface area contributed by atoms with Gasteiger partial charge in [0.1, 0.15) is 5.75 Å². The molecule has 0 radical (unpaired) electrons. The molecule has 0 bridgehead atoms. The third-order valence-corrected chi connectivity index (χ3v) is 3.52. The van der Waals surface area contributed by atoms with E-state index >= 15 is 0 Å². The van der Waals surface area contributed by atoms with E-state index in [0.717, 1.165) is 24.2 Å². The molecule has 2 aliphatic carbocycles. The van der Waals surface area contributed by atoms with Crippen LogP contribution < -0.4 is 10.5 Å². The molecule has 2 fully saturated rings. The van der Waals surface area contributed by atoms with Crippen molar-refractivity contribution in [1.29, 1.82) is 0 Å². The number of ether oxygens (including phenoxy) is 1. The van der Waals surface area contributed by atoms with Gasteiger partial charge in [0, 0.05) is 12.1 Å². The first kappa shape index (κ1) is 10.2. The maximum absolute atomic E-state index is 6.00. The molecule has 2 saturated carbocycles. The summed E-state index contributed by atoms with van der Waals surface area (Å²) in [6.07, 6.45) is 5.30. The average Bonchev–Trinajstić information content (AvgIpc) is 3.18. The minimum absolute atomic E-state index is 0.584. The van der Waals surface area contributed by atoms with Gasteiger partial charge in [0.2, 0.25) is 0 Å². The molecule has 2 heteroatoms. The van der Waals surface area contributed by atoms with Crippen LogP contribution in [-0.4, -0.2) is 6.61 Å². The van der Waals surface area contributed by atoms with Crippen LogP contribution in [0.5, 0.6) is 5.75 Å². The van der Waals surface area contributed by atoms with E-state index in [1.54, 1.807) is 0 Å². The second kappa shape index (κ2) is 4.10. The molecule has 2 aliphatic rings. The van der Waals surface area contributed by atoms with Crippen LogP contribution in [0.25, 0.3) is 0 Å². The summed E-state index contributed by atoms with van der Waals surface area (Å²) >= 11 is 0. The van der Waals surface area contributed by atoms with Crippen LogP contribution in [0.15, 0.2) is 18.2 Å². The Hall–Kier alpha value is -1.02. The lowest BCUT2D eigenvalue weighted by molar-refractivity contribution is 0.294. The fraction of sp³-hybridized carbons (Fsp3) is 0.571. The molecule has 0 atom stereocenters. The maximum atomic E-state index is 6.00. The summed E-state index contributed by atoms with van der Waals surface area (Å²) < 4.78 is 6.00. The van der Waals surface area contributed by atoms with E-state index < -0.39 is 0 Å². The predicted octanol–water partition coefficient (Wildman–Crippen LogP) is 2.81. The fourth-order valence-electron chi connectivity index (χ4n) is 2.14. The van der Waals surface area contributed by atoms with Crippen molar-refractivity contribution in [3.8, 4) is 5.75 Å². The first-order valence-corrected chi connectivity index (χ1v) is 6.33. The van der Waals surface area contributed by atoms with E-state index in [-0.39, 0.29) is 0 Å². The molecule has 0 unspecified atom stereocenters. The molecule has 3 rings (SSSR count). The van der Waals surface area contributed by atoms with Crippen LogP contribution in [0.1, 0.15) is 42.7 Å². The predicted molar refractivity (Wildman–Crippen MR) is 64.5 cm³/mol. The topological polar surface area (TPSA) is 35.2 Å². The maximum Gasteiger partial charge on any atom is 0.127 e. The highest BCUT2D eigenvalue weighted by Crippen LogP contribution is 2.45. The van der Waals surface area contributed by atoms with E-state index in [9.17, 15) is 0 Å². The Morgan fingerprint density at radius 3 is 2.62 bits per heavy atom. The van der Waals surface area contributed by atoms with Gasteiger partial charge in [-0.05, 0) is 43.1 Å². The summed E-state index contributed by atoms with van der Waals surface area (Å²) in [5.41, 5.74) is 8.35. The van der Waals surface area contributed by atoms with Crippen LogP contribution in [0.4, 0.5) is 0 Å². The highest BCUT2D eigenvalue weighted by atomic mass is 16.5. The lowest BCUT2D eigenvalue weighted by Crippen LogP contribution is -2.07. The lowest BCUT2D eigenvalue weighted by Gasteiger charge is -2.14. The van der Waals surface area contributed by atoms with Crippen LogP contribution in [0, 0.1) is 5.92 Å². The summed E-state index contributed by atoms with van der Waals surface area (Å²) in [7, 11) is 0. The second-order valence-electron chi connectivity index (χ2n) is 5.07. The highest BCUT2D eigenvalue weighted by Gasteiger charge is 2.29. The van der Waals surface area contributed by atoms with Crippen LogP contribution >= 0.6 is 0 Å². The van der Waals surface area contributed by atoms with Gasteiger partial charge in [-0.25, -0.2) is 0 Å². The van der Waals surface area contributed by atoms with Crippen molar-refractivity contribution in [3.05, 3.63) is 29.3 Å². The van der Waals surface area contributed by atoms with Crippen molar-refractivity contribution in [2.75, 3.05) is 6.61 Å². The van der Waals surface area contributed by atoms with Gasteiger partial charge in [-0.3, -0.25) is 0 Å². The molecular formula is C14H19NO. The monoisotopic (exact) mass is 217 g/mol. The van der Waals surface area contributed by atoms with Crippen molar-refractivity contribution in [2.45, 2.75) is 38.1 Å². The molecule has 2 N–H and O–H groups in total. The first-order chi connectivity index (χ1) is 7.88. The highest BCUT2D eigenvalue weighted by molar-refractivity contribution is 5.45. The Bertz CT molecular complexity index is 380.